The quantitative estimate of drug-likeness (QED) is 0.571. The van der Waals surface area contributed by atoms with E-state index in [9.17, 15) is 0 Å². The van der Waals surface area contributed by atoms with Crippen molar-refractivity contribution in [1.82, 2.24) is 0 Å². The summed E-state index contributed by atoms with van der Waals surface area (Å²) in [6.45, 7) is 7.09. The molecule has 1 aromatic carbocycles. The van der Waals surface area contributed by atoms with Gasteiger partial charge in [0.15, 0.2) is 0 Å². The SMILES string of the molecule is CC(C)(C)C1CCC(C(Cl)Cc2ccc(Cl)cc2)CC1. The smallest absolute Gasteiger partial charge is 0.0406 e. The standard InChI is InChI=1S/C18H26Cl2/c1-18(2,3)15-8-6-14(7-9-15)17(20)12-13-4-10-16(19)11-5-13/h4-5,10-11,14-15,17H,6-9,12H2,1-3H3. The molecule has 1 unspecified atom stereocenters. The van der Waals surface area contributed by atoms with Gasteiger partial charge >= 0.3 is 0 Å². The van der Waals surface area contributed by atoms with Crippen LogP contribution in [0.25, 0.3) is 0 Å². The van der Waals surface area contributed by atoms with E-state index in [0.29, 0.717) is 11.3 Å². The first-order valence-corrected chi connectivity index (χ1v) is 8.56. The Morgan fingerprint density at radius 1 is 1.05 bits per heavy atom. The van der Waals surface area contributed by atoms with Crippen LogP contribution in [0.15, 0.2) is 24.3 Å². The maximum Gasteiger partial charge on any atom is 0.0406 e. The van der Waals surface area contributed by atoms with Crippen molar-refractivity contribution in [3.63, 3.8) is 0 Å². The highest BCUT2D eigenvalue weighted by atomic mass is 35.5. The number of hydrogen-bond acceptors (Lipinski definition) is 0. The van der Waals surface area contributed by atoms with Crippen LogP contribution >= 0.6 is 23.2 Å². The highest BCUT2D eigenvalue weighted by molar-refractivity contribution is 6.30. The molecule has 2 rings (SSSR count). The van der Waals surface area contributed by atoms with Gasteiger partial charge < -0.3 is 0 Å². The lowest BCUT2D eigenvalue weighted by molar-refractivity contribution is 0.148. The molecule has 0 bridgehead atoms. The van der Waals surface area contributed by atoms with Crippen LogP contribution in [0.4, 0.5) is 0 Å². The van der Waals surface area contributed by atoms with Gasteiger partial charge in [0, 0.05) is 10.4 Å². The van der Waals surface area contributed by atoms with Crippen LogP contribution in [0.1, 0.15) is 52.0 Å². The Balaban J connectivity index is 1.85. The van der Waals surface area contributed by atoms with E-state index < -0.39 is 0 Å². The Morgan fingerprint density at radius 3 is 2.10 bits per heavy atom. The minimum atomic E-state index is 0.261. The molecule has 0 nitrogen and oxygen atoms in total. The van der Waals surface area contributed by atoms with Gasteiger partial charge in [-0.1, -0.05) is 44.5 Å². The van der Waals surface area contributed by atoms with Crippen LogP contribution in [-0.4, -0.2) is 5.38 Å². The van der Waals surface area contributed by atoms with Gasteiger partial charge in [-0.05, 0) is 67.1 Å². The lowest BCUT2D eigenvalue weighted by atomic mass is 9.69. The summed E-state index contributed by atoms with van der Waals surface area (Å²) >= 11 is 12.6. The molecular weight excluding hydrogens is 287 g/mol. The third kappa shape index (κ3) is 4.40. The van der Waals surface area contributed by atoms with Gasteiger partial charge in [0.1, 0.15) is 0 Å². The predicted molar refractivity (Wildman–Crippen MR) is 89.7 cm³/mol. The molecule has 0 aromatic heterocycles. The number of rotatable bonds is 3. The van der Waals surface area contributed by atoms with Gasteiger partial charge in [-0.3, -0.25) is 0 Å². The maximum atomic E-state index is 6.66. The second-order valence-electron chi connectivity index (χ2n) is 7.32. The summed E-state index contributed by atoms with van der Waals surface area (Å²) < 4.78 is 0. The Labute approximate surface area is 133 Å². The minimum absolute atomic E-state index is 0.261. The summed E-state index contributed by atoms with van der Waals surface area (Å²) in [5.74, 6) is 1.53. The summed E-state index contributed by atoms with van der Waals surface area (Å²) in [4.78, 5) is 0. The first-order chi connectivity index (χ1) is 9.36. The number of hydrogen-bond donors (Lipinski definition) is 0. The van der Waals surface area contributed by atoms with Gasteiger partial charge in [0.25, 0.3) is 0 Å². The zero-order valence-corrected chi connectivity index (χ0v) is 14.3. The van der Waals surface area contributed by atoms with Crippen LogP contribution < -0.4 is 0 Å². The summed E-state index contributed by atoms with van der Waals surface area (Å²) in [6, 6.07) is 8.10. The molecule has 0 spiro atoms. The van der Waals surface area contributed by atoms with Crippen LogP contribution in [-0.2, 0) is 6.42 Å². The molecule has 1 fully saturated rings. The van der Waals surface area contributed by atoms with Crippen molar-refractivity contribution < 1.29 is 0 Å². The number of benzene rings is 1. The molecule has 0 amide bonds. The molecule has 0 radical (unpaired) electrons. The molecule has 0 heterocycles. The van der Waals surface area contributed by atoms with Crippen molar-refractivity contribution >= 4 is 23.2 Å². The summed E-state index contributed by atoms with van der Waals surface area (Å²) in [5, 5.41) is 1.06. The van der Waals surface area contributed by atoms with Crippen molar-refractivity contribution in [3.05, 3.63) is 34.9 Å². The van der Waals surface area contributed by atoms with E-state index in [1.54, 1.807) is 0 Å². The van der Waals surface area contributed by atoms with E-state index in [4.69, 9.17) is 23.2 Å². The molecule has 2 heteroatoms. The monoisotopic (exact) mass is 312 g/mol. The first-order valence-electron chi connectivity index (χ1n) is 7.75. The molecule has 1 saturated carbocycles. The van der Waals surface area contributed by atoms with Crippen LogP contribution in [0, 0.1) is 17.3 Å². The average Bonchev–Trinajstić information content (AvgIpc) is 2.40. The molecule has 1 atom stereocenters. The minimum Gasteiger partial charge on any atom is -0.122 e. The summed E-state index contributed by atoms with van der Waals surface area (Å²) in [6.07, 6.45) is 6.19. The van der Waals surface area contributed by atoms with Gasteiger partial charge in [-0.25, -0.2) is 0 Å². The van der Waals surface area contributed by atoms with Gasteiger partial charge in [0.05, 0.1) is 0 Å². The number of halogens is 2. The lowest BCUT2D eigenvalue weighted by Crippen LogP contribution is -2.29. The van der Waals surface area contributed by atoms with Crippen molar-refractivity contribution in [2.45, 2.75) is 58.3 Å². The third-order valence-corrected chi connectivity index (χ3v) is 5.61. The summed E-state index contributed by atoms with van der Waals surface area (Å²) in [5.41, 5.74) is 1.75. The fourth-order valence-electron chi connectivity index (χ4n) is 3.36. The Bertz CT molecular complexity index is 408. The summed E-state index contributed by atoms with van der Waals surface area (Å²) in [7, 11) is 0. The maximum absolute atomic E-state index is 6.66. The molecule has 1 aliphatic carbocycles. The van der Waals surface area contributed by atoms with Crippen LogP contribution in [0.2, 0.25) is 5.02 Å². The normalized spacial score (nSPS) is 25.4. The molecule has 0 aliphatic heterocycles. The van der Waals surface area contributed by atoms with E-state index in [2.05, 4.69) is 32.9 Å². The fourth-order valence-corrected chi connectivity index (χ4v) is 3.92. The molecule has 0 saturated heterocycles. The number of alkyl halides is 1. The van der Waals surface area contributed by atoms with Crippen molar-refractivity contribution in [2.75, 3.05) is 0 Å². The second-order valence-corrected chi connectivity index (χ2v) is 8.32. The molecule has 1 aliphatic rings. The molecule has 20 heavy (non-hydrogen) atoms. The van der Waals surface area contributed by atoms with Crippen LogP contribution in [0.5, 0.6) is 0 Å². The average molecular weight is 313 g/mol. The van der Waals surface area contributed by atoms with Crippen molar-refractivity contribution in [1.29, 1.82) is 0 Å². The molecule has 1 aromatic rings. The van der Waals surface area contributed by atoms with Gasteiger partial charge in [-0.15, -0.1) is 11.6 Å². The van der Waals surface area contributed by atoms with Crippen molar-refractivity contribution in [3.8, 4) is 0 Å². The topological polar surface area (TPSA) is 0 Å². The Hall–Kier alpha value is -0.200. The first kappa shape index (κ1) is 16.2. The molecular formula is C18H26Cl2. The zero-order valence-electron chi connectivity index (χ0n) is 12.8. The lowest BCUT2D eigenvalue weighted by Gasteiger charge is -2.38. The van der Waals surface area contributed by atoms with Gasteiger partial charge in [-0.2, -0.15) is 0 Å². The van der Waals surface area contributed by atoms with E-state index in [1.165, 1.54) is 31.2 Å². The van der Waals surface area contributed by atoms with Crippen molar-refractivity contribution in [2.24, 2.45) is 17.3 Å². The highest BCUT2D eigenvalue weighted by Crippen LogP contribution is 2.42. The van der Waals surface area contributed by atoms with E-state index in [1.807, 2.05) is 12.1 Å². The fraction of sp³-hybridized carbons (Fsp3) is 0.667. The zero-order chi connectivity index (χ0) is 14.8. The van der Waals surface area contributed by atoms with E-state index >= 15 is 0 Å². The molecule has 0 N–H and O–H groups in total. The van der Waals surface area contributed by atoms with E-state index in [-0.39, 0.29) is 5.38 Å². The Morgan fingerprint density at radius 2 is 1.60 bits per heavy atom. The van der Waals surface area contributed by atoms with Crippen LogP contribution in [0.3, 0.4) is 0 Å². The third-order valence-electron chi connectivity index (χ3n) is 4.85. The molecule has 112 valence electrons. The Kier molecular flexibility index (Phi) is 5.42. The second kappa shape index (κ2) is 6.71. The largest absolute Gasteiger partial charge is 0.122 e. The predicted octanol–water partition coefficient (Wildman–Crippen LogP) is 6.34. The highest BCUT2D eigenvalue weighted by Gasteiger charge is 2.32. The van der Waals surface area contributed by atoms with Gasteiger partial charge in [0.2, 0.25) is 0 Å². The van der Waals surface area contributed by atoms with E-state index in [0.717, 1.165) is 17.4 Å².